The van der Waals surface area contributed by atoms with Crippen molar-refractivity contribution in [3.63, 3.8) is 0 Å². The molecule has 0 radical (unpaired) electrons. The van der Waals surface area contributed by atoms with Crippen molar-refractivity contribution in [2.45, 2.75) is 0 Å². The summed E-state index contributed by atoms with van der Waals surface area (Å²) in [5.74, 6) is -1.00. The van der Waals surface area contributed by atoms with E-state index in [0.29, 0.717) is 10.7 Å². The van der Waals surface area contributed by atoms with Gasteiger partial charge in [0.1, 0.15) is 5.15 Å². The molecule has 0 amide bonds. The van der Waals surface area contributed by atoms with Crippen molar-refractivity contribution in [3.05, 3.63) is 23.0 Å². The van der Waals surface area contributed by atoms with Gasteiger partial charge in [-0.05, 0) is 6.08 Å². The summed E-state index contributed by atoms with van der Waals surface area (Å²) in [5.41, 5.74) is 0.599. The van der Waals surface area contributed by atoms with Crippen LogP contribution in [-0.2, 0) is 11.8 Å². The highest BCUT2D eigenvalue weighted by Crippen LogP contribution is 2.14. The van der Waals surface area contributed by atoms with Crippen molar-refractivity contribution in [1.82, 2.24) is 9.78 Å². The largest absolute Gasteiger partial charge is 0.478 e. The van der Waals surface area contributed by atoms with Crippen LogP contribution in [0.15, 0.2) is 12.3 Å². The molecule has 0 aliphatic carbocycles. The Kier molecular flexibility index (Phi) is 2.50. The second kappa shape index (κ2) is 3.40. The van der Waals surface area contributed by atoms with Crippen LogP contribution in [-0.4, -0.2) is 20.9 Å². The van der Waals surface area contributed by atoms with Crippen molar-refractivity contribution >= 4 is 23.6 Å². The lowest BCUT2D eigenvalue weighted by Gasteiger charge is -1.89. The van der Waals surface area contributed by atoms with Crippen LogP contribution in [0.4, 0.5) is 0 Å². The fourth-order valence-corrected chi connectivity index (χ4v) is 0.868. The second-order valence-corrected chi connectivity index (χ2v) is 2.54. The Morgan fingerprint density at radius 1 is 1.83 bits per heavy atom. The van der Waals surface area contributed by atoms with Gasteiger partial charge in [-0.15, -0.1) is 0 Å². The molecular weight excluding hydrogens is 180 g/mol. The molecule has 1 aromatic rings. The topological polar surface area (TPSA) is 55.1 Å². The number of hydrogen-bond acceptors (Lipinski definition) is 2. The number of aromatic nitrogens is 2. The van der Waals surface area contributed by atoms with Crippen LogP contribution in [0.1, 0.15) is 5.56 Å². The summed E-state index contributed by atoms with van der Waals surface area (Å²) in [6.07, 6.45) is 3.92. The fourth-order valence-electron chi connectivity index (χ4n) is 0.712. The Morgan fingerprint density at radius 3 is 2.92 bits per heavy atom. The molecule has 0 aliphatic heterocycles. The quantitative estimate of drug-likeness (QED) is 0.706. The third-order valence-corrected chi connectivity index (χ3v) is 1.76. The SMILES string of the molecule is Cn1ncc(/C=C/C(=O)O)c1Cl. The van der Waals surface area contributed by atoms with E-state index in [2.05, 4.69) is 5.10 Å². The van der Waals surface area contributed by atoms with Gasteiger partial charge in [-0.1, -0.05) is 11.6 Å². The van der Waals surface area contributed by atoms with E-state index in [1.165, 1.54) is 17.0 Å². The van der Waals surface area contributed by atoms with Crippen LogP contribution in [0.2, 0.25) is 5.15 Å². The number of rotatable bonds is 2. The highest BCUT2D eigenvalue weighted by atomic mass is 35.5. The Labute approximate surface area is 74.1 Å². The lowest BCUT2D eigenvalue weighted by atomic mass is 10.3. The van der Waals surface area contributed by atoms with Crippen LogP contribution < -0.4 is 0 Å². The highest BCUT2D eigenvalue weighted by Gasteiger charge is 2.01. The Bertz CT molecular complexity index is 330. The van der Waals surface area contributed by atoms with Gasteiger partial charge in [-0.25, -0.2) is 4.79 Å². The number of nitrogens with zero attached hydrogens (tertiary/aromatic N) is 2. The van der Waals surface area contributed by atoms with E-state index in [9.17, 15) is 4.79 Å². The molecule has 0 bridgehead atoms. The first-order valence-corrected chi connectivity index (χ1v) is 3.57. The van der Waals surface area contributed by atoms with Crippen LogP contribution in [0.5, 0.6) is 0 Å². The van der Waals surface area contributed by atoms with Crippen molar-refractivity contribution in [2.75, 3.05) is 0 Å². The standard InChI is InChI=1S/C7H7ClN2O2/c1-10-7(8)5(4-9-10)2-3-6(11)12/h2-4H,1H3,(H,11,12)/b3-2+. The molecular formula is C7H7ClN2O2. The number of aliphatic carboxylic acids is 1. The molecule has 5 heteroatoms. The van der Waals surface area contributed by atoms with Gasteiger partial charge in [-0.2, -0.15) is 5.10 Å². The van der Waals surface area contributed by atoms with E-state index in [1.807, 2.05) is 0 Å². The summed E-state index contributed by atoms with van der Waals surface area (Å²) in [5, 5.41) is 12.6. The predicted molar refractivity (Wildman–Crippen MR) is 44.9 cm³/mol. The Hall–Kier alpha value is -1.29. The molecule has 1 N–H and O–H groups in total. The third kappa shape index (κ3) is 1.85. The van der Waals surface area contributed by atoms with Gasteiger partial charge in [0.2, 0.25) is 0 Å². The molecule has 4 nitrogen and oxygen atoms in total. The van der Waals surface area contributed by atoms with Crippen molar-refractivity contribution < 1.29 is 9.90 Å². The maximum Gasteiger partial charge on any atom is 0.328 e. The van der Waals surface area contributed by atoms with Crippen molar-refractivity contribution in [2.24, 2.45) is 7.05 Å². The van der Waals surface area contributed by atoms with E-state index in [-0.39, 0.29) is 0 Å². The molecule has 12 heavy (non-hydrogen) atoms. The Balaban J connectivity index is 2.90. The van der Waals surface area contributed by atoms with E-state index < -0.39 is 5.97 Å². The predicted octanol–water partition coefficient (Wildman–Crippen LogP) is 1.17. The molecule has 1 aromatic heterocycles. The number of carbonyl (C=O) groups is 1. The first-order chi connectivity index (χ1) is 5.61. The molecule has 0 saturated carbocycles. The molecule has 64 valence electrons. The first-order valence-electron chi connectivity index (χ1n) is 3.20. The van der Waals surface area contributed by atoms with E-state index in [0.717, 1.165) is 6.08 Å². The number of halogens is 1. The molecule has 0 unspecified atom stereocenters. The van der Waals surface area contributed by atoms with Gasteiger partial charge < -0.3 is 5.11 Å². The maximum absolute atomic E-state index is 10.1. The molecule has 0 atom stereocenters. The number of carboxylic acid groups (broad SMARTS) is 1. The average molecular weight is 187 g/mol. The lowest BCUT2D eigenvalue weighted by molar-refractivity contribution is -0.131. The minimum absolute atomic E-state index is 0.424. The van der Waals surface area contributed by atoms with Crippen LogP contribution in [0.3, 0.4) is 0 Å². The summed E-state index contributed by atoms with van der Waals surface area (Å²) in [6, 6.07) is 0. The first kappa shape index (κ1) is 8.80. The fraction of sp³-hybridized carbons (Fsp3) is 0.143. The van der Waals surface area contributed by atoms with E-state index in [1.54, 1.807) is 7.05 Å². The van der Waals surface area contributed by atoms with Gasteiger partial charge >= 0.3 is 5.97 Å². The lowest BCUT2D eigenvalue weighted by Crippen LogP contribution is -1.88. The molecule has 1 heterocycles. The van der Waals surface area contributed by atoms with E-state index in [4.69, 9.17) is 16.7 Å². The summed E-state index contributed by atoms with van der Waals surface area (Å²) >= 11 is 5.75. The zero-order chi connectivity index (χ0) is 9.14. The maximum atomic E-state index is 10.1. The Morgan fingerprint density at radius 2 is 2.50 bits per heavy atom. The van der Waals surface area contributed by atoms with Crippen LogP contribution >= 0.6 is 11.6 Å². The zero-order valence-corrected chi connectivity index (χ0v) is 7.12. The number of hydrogen-bond donors (Lipinski definition) is 1. The van der Waals surface area contributed by atoms with Crippen molar-refractivity contribution in [3.8, 4) is 0 Å². The van der Waals surface area contributed by atoms with Gasteiger partial charge in [0.05, 0.1) is 6.20 Å². The highest BCUT2D eigenvalue weighted by molar-refractivity contribution is 6.31. The average Bonchev–Trinajstić information content (AvgIpc) is 2.30. The third-order valence-electron chi connectivity index (χ3n) is 1.30. The van der Waals surface area contributed by atoms with Gasteiger partial charge in [0.25, 0.3) is 0 Å². The van der Waals surface area contributed by atoms with Crippen molar-refractivity contribution in [1.29, 1.82) is 0 Å². The monoisotopic (exact) mass is 186 g/mol. The van der Waals surface area contributed by atoms with Crippen LogP contribution in [0.25, 0.3) is 6.08 Å². The number of carboxylic acids is 1. The summed E-state index contributed by atoms with van der Waals surface area (Å²) in [6.45, 7) is 0. The summed E-state index contributed by atoms with van der Waals surface area (Å²) in [7, 11) is 1.68. The molecule has 0 aliphatic rings. The number of aryl methyl sites for hydroxylation is 1. The summed E-state index contributed by atoms with van der Waals surface area (Å²) < 4.78 is 1.46. The van der Waals surface area contributed by atoms with Gasteiger partial charge in [0.15, 0.2) is 0 Å². The molecule has 0 spiro atoms. The van der Waals surface area contributed by atoms with Gasteiger partial charge in [-0.3, -0.25) is 4.68 Å². The second-order valence-electron chi connectivity index (χ2n) is 2.19. The minimum Gasteiger partial charge on any atom is -0.478 e. The smallest absolute Gasteiger partial charge is 0.328 e. The molecule has 1 rings (SSSR count). The molecule has 0 fully saturated rings. The molecule has 0 aromatic carbocycles. The molecule has 0 saturated heterocycles. The minimum atomic E-state index is -1.00. The summed E-state index contributed by atoms with van der Waals surface area (Å²) in [4.78, 5) is 10.1. The van der Waals surface area contributed by atoms with Crippen LogP contribution in [0, 0.1) is 0 Å². The van der Waals surface area contributed by atoms with Gasteiger partial charge in [0, 0.05) is 18.7 Å². The zero-order valence-electron chi connectivity index (χ0n) is 6.36. The van der Waals surface area contributed by atoms with E-state index >= 15 is 0 Å². The normalized spacial score (nSPS) is 10.8.